The molecular formula is C21H24N8O2. The molecule has 2 atom stereocenters. The molecule has 2 unspecified atom stereocenters. The smallest absolute Gasteiger partial charge is 0.247 e. The molecule has 0 radical (unpaired) electrons. The van der Waals surface area contributed by atoms with Gasteiger partial charge in [-0.25, -0.2) is 9.50 Å². The second kappa shape index (κ2) is 6.66. The number of fused-ring (bicyclic) bond motifs is 2. The van der Waals surface area contributed by atoms with Crippen molar-refractivity contribution in [3.05, 3.63) is 36.2 Å². The third-order valence-electron chi connectivity index (χ3n) is 6.28. The van der Waals surface area contributed by atoms with Crippen molar-refractivity contribution in [1.29, 1.82) is 0 Å². The molecule has 2 aliphatic heterocycles. The lowest BCUT2D eigenvalue weighted by molar-refractivity contribution is -0.122. The maximum absolute atomic E-state index is 12.2. The van der Waals surface area contributed by atoms with Crippen LogP contribution < -0.4 is 21.3 Å². The van der Waals surface area contributed by atoms with Crippen LogP contribution in [0, 0.1) is 11.8 Å². The lowest BCUT2D eigenvalue weighted by Crippen LogP contribution is -2.29. The first-order valence-corrected chi connectivity index (χ1v) is 10.2. The van der Waals surface area contributed by atoms with Crippen LogP contribution in [0.3, 0.4) is 0 Å². The second-order valence-corrected chi connectivity index (χ2v) is 8.81. The molecule has 2 amide bonds. The van der Waals surface area contributed by atoms with Crippen molar-refractivity contribution in [2.45, 2.75) is 26.2 Å². The third kappa shape index (κ3) is 3.06. The van der Waals surface area contributed by atoms with E-state index in [1.165, 1.54) is 0 Å². The van der Waals surface area contributed by atoms with E-state index in [9.17, 15) is 9.59 Å². The van der Waals surface area contributed by atoms with Gasteiger partial charge >= 0.3 is 0 Å². The van der Waals surface area contributed by atoms with Crippen LogP contribution in [0.4, 0.5) is 23.1 Å². The fourth-order valence-electron chi connectivity index (χ4n) is 4.39. The molecule has 2 aliphatic rings. The van der Waals surface area contributed by atoms with Gasteiger partial charge in [0.15, 0.2) is 11.5 Å². The third-order valence-corrected chi connectivity index (χ3v) is 6.28. The van der Waals surface area contributed by atoms with Crippen LogP contribution in [-0.4, -0.2) is 44.5 Å². The van der Waals surface area contributed by atoms with Gasteiger partial charge in [0.25, 0.3) is 0 Å². The molecule has 0 bridgehead atoms. The molecule has 1 saturated heterocycles. The number of hydrogen-bond donors (Lipinski definition) is 3. The molecular weight excluding hydrogens is 396 g/mol. The van der Waals surface area contributed by atoms with Gasteiger partial charge in [0.1, 0.15) is 0 Å². The molecule has 0 aliphatic carbocycles. The van der Waals surface area contributed by atoms with Crippen molar-refractivity contribution < 1.29 is 9.59 Å². The fourth-order valence-corrected chi connectivity index (χ4v) is 4.39. The summed E-state index contributed by atoms with van der Waals surface area (Å²) >= 11 is 0. The van der Waals surface area contributed by atoms with E-state index in [1.54, 1.807) is 16.9 Å². The summed E-state index contributed by atoms with van der Waals surface area (Å²) in [6, 6.07) is 5.73. The van der Waals surface area contributed by atoms with Gasteiger partial charge in [-0.05, 0) is 37.5 Å². The molecule has 4 N–H and O–H groups in total. The highest BCUT2D eigenvalue weighted by Gasteiger charge is 2.38. The van der Waals surface area contributed by atoms with Gasteiger partial charge in [-0.3, -0.25) is 9.59 Å². The molecule has 1 fully saturated rings. The van der Waals surface area contributed by atoms with E-state index in [-0.39, 0.29) is 23.7 Å². The number of amides is 2. The average Bonchev–Trinajstić information content (AvgIpc) is 3.35. The number of nitrogens with zero attached hydrogens (tertiary/aromatic N) is 5. The summed E-state index contributed by atoms with van der Waals surface area (Å²) in [6.45, 7) is 7.01. The molecule has 3 aromatic rings. The normalized spacial score (nSPS) is 21.9. The summed E-state index contributed by atoms with van der Waals surface area (Å²) in [7, 11) is 0. The number of carbonyl (C=O) groups is 2. The number of benzene rings is 1. The van der Waals surface area contributed by atoms with Crippen molar-refractivity contribution in [3.63, 3.8) is 0 Å². The highest BCUT2D eigenvalue weighted by atomic mass is 16.2. The second-order valence-electron chi connectivity index (χ2n) is 8.81. The molecule has 10 nitrogen and oxygen atoms in total. The van der Waals surface area contributed by atoms with Crippen LogP contribution in [0.15, 0.2) is 30.6 Å². The first-order valence-electron chi connectivity index (χ1n) is 10.2. The van der Waals surface area contributed by atoms with Crippen LogP contribution in [-0.2, 0) is 15.0 Å². The number of carbonyl (C=O) groups excluding carboxylic acids is 2. The highest BCUT2D eigenvalue weighted by Crippen LogP contribution is 2.39. The summed E-state index contributed by atoms with van der Waals surface area (Å²) < 4.78 is 1.66. The van der Waals surface area contributed by atoms with Crippen molar-refractivity contribution >= 4 is 40.6 Å². The summed E-state index contributed by atoms with van der Waals surface area (Å²) in [6.07, 6.45) is 3.39. The average molecular weight is 420 g/mol. The van der Waals surface area contributed by atoms with Gasteiger partial charge in [-0.2, -0.15) is 4.98 Å². The van der Waals surface area contributed by atoms with E-state index in [0.29, 0.717) is 30.5 Å². The van der Waals surface area contributed by atoms with Gasteiger partial charge in [-0.1, -0.05) is 13.0 Å². The number of aromatic nitrogens is 4. The largest absolute Gasteiger partial charge is 0.369 e. The lowest BCUT2D eigenvalue weighted by Gasteiger charge is -2.16. The Hall–Kier alpha value is -3.69. The van der Waals surface area contributed by atoms with Crippen LogP contribution in [0.25, 0.3) is 5.65 Å². The quantitative estimate of drug-likeness (QED) is 0.585. The zero-order chi connectivity index (χ0) is 21.9. The number of primary amides is 1. The molecule has 160 valence electrons. The molecule has 10 heteroatoms. The number of nitrogens with one attached hydrogen (secondary N) is 2. The minimum atomic E-state index is -0.550. The Bertz CT molecular complexity index is 1220. The maximum Gasteiger partial charge on any atom is 0.247 e. The zero-order valence-corrected chi connectivity index (χ0v) is 17.6. The van der Waals surface area contributed by atoms with Gasteiger partial charge in [0.2, 0.25) is 17.8 Å². The van der Waals surface area contributed by atoms with Crippen LogP contribution in [0.5, 0.6) is 0 Å². The minimum absolute atomic E-state index is 0.0182. The predicted molar refractivity (Wildman–Crippen MR) is 116 cm³/mol. The first kappa shape index (κ1) is 19.3. The maximum atomic E-state index is 12.2. The minimum Gasteiger partial charge on any atom is -0.369 e. The summed E-state index contributed by atoms with van der Waals surface area (Å²) in [5.41, 5.74) is 8.10. The standard InChI is InChI=1S/C21H24N8O2/c1-11-9-28(10-13(11)16(22)30)17-18-26-20(27-29(18)7-6-23-17)24-12-4-5-14-15(8-12)25-19(31)21(14,2)3/h4-8,11,13H,9-10H2,1-3H3,(H2,22,30)(H,24,27)(H,25,31). The Labute approximate surface area is 178 Å². The van der Waals surface area contributed by atoms with Crippen molar-refractivity contribution in [2.75, 3.05) is 28.6 Å². The highest BCUT2D eigenvalue weighted by molar-refractivity contribution is 6.06. The monoisotopic (exact) mass is 420 g/mol. The van der Waals surface area contributed by atoms with Gasteiger partial charge in [0, 0.05) is 36.9 Å². The molecule has 1 aromatic carbocycles. The molecule has 0 spiro atoms. The van der Waals surface area contributed by atoms with E-state index < -0.39 is 5.41 Å². The van der Waals surface area contributed by atoms with Crippen molar-refractivity contribution in [2.24, 2.45) is 17.6 Å². The number of anilines is 4. The first-order chi connectivity index (χ1) is 14.7. The topological polar surface area (TPSA) is 131 Å². The van der Waals surface area contributed by atoms with E-state index in [2.05, 4.69) is 25.7 Å². The number of nitrogens with two attached hydrogens (primary N) is 1. The van der Waals surface area contributed by atoms with Gasteiger partial charge < -0.3 is 21.3 Å². The lowest BCUT2D eigenvalue weighted by atomic mass is 9.86. The Morgan fingerprint density at radius 3 is 2.87 bits per heavy atom. The zero-order valence-electron chi connectivity index (χ0n) is 17.6. The Morgan fingerprint density at radius 2 is 2.13 bits per heavy atom. The molecule has 31 heavy (non-hydrogen) atoms. The van der Waals surface area contributed by atoms with Gasteiger partial charge in [-0.15, -0.1) is 5.10 Å². The van der Waals surface area contributed by atoms with Gasteiger partial charge in [0.05, 0.1) is 11.3 Å². The van der Waals surface area contributed by atoms with Crippen LogP contribution >= 0.6 is 0 Å². The van der Waals surface area contributed by atoms with Crippen molar-refractivity contribution in [3.8, 4) is 0 Å². The molecule has 0 saturated carbocycles. The number of rotatable bonds is 4. The summed E-state index contributed by atoms with van der Waals surface area (Å²) in [5, 5.41) is 10.6. The summed E-state index contributed by atoms with van der Waals surface area (Å²) in [5.74, 6) is 0.700. The molecule has 2 aromatic heterocycles. The van der Waals surface area contributed by atoms with E-state index >= 15 is 0 Å². The van der Waals surface area contributed by atoms with E-state index in [1.807, 2.05) is 43.9 Å². The summed E-state index contributed by atoms with van der Waals surface area (Å²) in [4.78, 5) is 35.0. The fraction of sp³-hybridized carbons (Fsp3) is 0.381. The Morgan fingerprint density at radius 1 is 1.32 bits per heavy atom. The van der Waals surface area contributed by atoms with Crippen LogP contribution in [0.2, 0.25) is 0 Å². The van der Waals surface area contributed by atoms with Crippen LogP contribution in [0.1, 0.15) is 26.3 Å². The van der Waals surface area contributed by atoms with Crippen molar-refractivity contribution in [1.82, 2.24) is 19.6 Å². The SMILES string of the molecule is CC1CN(c2nccn3nc(Nc4ccc5c(c4)NC(=O)C5(C)C)nc23)CC1C(N)=O. The Balaban J connectivity index is 1.43. The van der Waals surface area contributed by atoms with E-state index in [0.717, 1.165) is 16.9 Å². The molecule has 5 rings (SSSR count). The number of hydrogen-bond acceptors (Lipinski definition) is 7. The predicted octanol–water partition coefficient (Wildman–Crippen LogP) is 1.66. The Kier molecular flexibility index (Phi) is 4.14. The molecule has 4 heterocycles. The van der Waals surface area contributed by atoms with E-state index in [4.69, 9.17) is 5.73 Å².